The number of ether oxygens (including phenoxy) is 3. The standard InChI is InChI=1S/C15H21BrO3/c1-17-11-8-12(18-2)14(13(9-11)19-3)15(16)10-6-4-5-7-10/h8-10,15H,4-7H2,1-3H3. The van der Waals surface area contributed by atoms with E-state index >= 15 is 0 Å². The van der Waals surface area contributed by atoms with Crippen molar-refractivity contribution in [1.82, 2.24) is 0 Å². The minimum Gasteiger partial charge on any atom is -0.496 e. The highest BCUT2D eigenvalue weighted by Crippen LogP contribution is 2.49. The van der Waals surface area contributed by atoms with E-state index in [9.17, 15) is 0 Å². The fourth-order valence-corrected chi connectivity index (χ4v) is 3.77. The van der Waals surface area contributed by atoms with Crippen LogP contribution in [-0.4, -0.2) is 21.3 Å². The zero-order valence-corrected chi connectivity index (χ0v) is 13.3. The third-order valence-corrected chi connectivity index (χ3v) is 5.05. The molecular formula is C15H21BrO3. The second kappa shape index (κ2) is 6.51. The van der Waals surface area contributed by atoms with Crippen LogP contribution >= 0.6 is 15.9 Å². The third kappa shape index (κ3) is 2.99. The smallest absolute Gasteiger partial charge is 0.130 e. The maximum Gasteiger partial charge on any atom is 0.130 e. The van der Waals surface area contributed by atoms with Gasteiger partial charge in [-0.05, 0) is 18.8 Å². The van der Waals surface area contributed by atoms with E-state index in [2.05, 4.69) is 15.9 Å². The summed E-state index contributed by atoms with van der Waals surface area (Å²) in [5, 5.41) is 0. The van der Waals surface area contributed by atoms with Gasteiger partial charge in [-0.15, -0.1) is 0 Å². The summed E-state index contributed by atoms with van der Waals surface area (Å²) >= 11 is 3.84. The van der Waals surface area contributed by atoms with E-state index < -0.39 is 0 Å². The maximum atomic E-state index is 5.52. The lowest BCUT2D eigenvalue weighted by molar-refractivity contribution is 0.363. The molecule has 1 saturated carbocycles. The van der Waals surface area contributed by atoms with Gasteiger partial charge in [0.15, 0.2) is 0 Å². The summed E-state index contributed by atoms with van der Waals surface area (Å²) in [6, 6.07) is 3.84. The van der Waals surface area contributed by atoms with Gasteiger partial charge in [-0.3, -0.25) is 0 Å². The average Bonchev–Trinajstić information content (AvgIpc) is 2.99. The Labute approximate surface area is 123 Å². The summed E-state index contributed by atoms with van der Waals surface area (Å²) in [6.07, 6.45) is 5.14. The molecule has 1 aromatic rings. The summed E-state index contributed by atoms with van der Waals surface area (Å²) in [5.74, 6) is 3.05. The van der Waals surface area contributed by atoms with Crippen LogP contribution in [0.3, 0.4) is 0 Å². The van der Waals surface area contributed by atoms with E-state index in [1.165, 1.54) is 25.7 Å². The SMILES string of the molecule is COc1cc(OC)c(C(Br)C2CCCC2)c(OC)c1. The number of methoxy groups -OCH3 is 3. The van der Waals surface area contributed by atoms with Gasteiger partial charge in [-0.25, -0.2) is 0 Å². The first-order valence-electron chi connectivity index (χ1n) is 6.65. The Morgan fingerprint density at radius 3 is 1.95 bits per heavy atom. The van der Waals surface area contributed by atoms with Crippen molar-refractivity contribution in [3.63, 3.8) is 0 Å². The van der Waals surface area contributed by atoms with E-state index in [-0.39, 0.29) is 4.83 Å². The molecule has 4 heteroatoms. The molecule has 0 aromatic heterocycles. The first-order chi connectivity index (χ1) is 9.21. The Kier molecular flexibility index (Phi) is 4.97. The number of alkyl halides is 1. The molecule has 0 saturated heterocycles. The number of halogens is 1. The zero-order valence-electron chi connectivity index (χ0n) is 11.7. The van der Waals surface area contributed by atoms with Gasteiger partial charge in [0.2, 0.25) is 0 Å². The van der Waals surface area contributed by atoms with Gasteiger partial charge in [0.1, 0.15) is 17.2 Å². The summed E-state index contributed by atoms with van der Waals surface area (Å²) in [4.78, 5) is 0.269. The highest BCUT2D eigenvalue weighted by atomic mass is 79.9. The number of benzene rings is 1. The van der Waals surface area contributed by atoms with Crippen molar-refractivity contribution in [2.75, 3.05) is 21.3 Å². The van der Waals surface area contributed by atoms with Crippen molar-refractivity contribution in [1.29, 1.82) is 0 Å². The third-order valence-electron chi connectivity index (χ3n) is 3.84. The van der Waals surface area contributed by atoms with Crippen LogP contribution in [0, 0.1) is 5.92 Å². The Morgan fingerprint density at radius 1 is 1.00 bits per heavy atom. The van der Waals surface area contributed by atoms with E-state index in [0.29, 0.717) is 5.92 Å². The molecule has 1 aliphatic carbocycles. The van der Waals surface area contributed by atoms with Crippen LogP contribution in [0.5, 0.6) is 17.2 Å². The van der Waals surface area contributed by atoms with Crippen LogP contribution in [0.25, 0.3) is 0 Å². The molecule has 1 aromatic carbocycles. The monoisotopic (exact) mass is 328 g/mol. The summed E-state index contributed by atoms with van der Waals surface area (Å²) in [7, 11) is 5.02. The molecule has 0 radical (unpaired) electrons. The molecule has 19 heavy (non-hydrogen) atoms. The second-order valence-electron chi connectivity index (χ2n) is 4.89. The van der Waals surface area contributed by atoms with Crippen molar-refractivity contribution in [2.24, 2.45) is 5.92 Å². The van der Waals surface area contributed by atoms with Gasteiger partial charge in [0.25, 0.3) is 0 Å². The Balaban J connectivity index is 2.40. The normalized spacial score (nSPS) is 17.3. The molecule has 1 aliphatic rings. The van der Waals surface area contributed by atoms with E-state index in [1.807, 2.05) is 12.1 Å². The lowest BCUT2D eigenvalue weighted by Crippen LogP contribution is -2.07. The Morgan fingerprint density at radius 2 is 1.53 bits per heavy atom. The molecule has 1 unspecified atom stereocenters. The van der Waals surface area contributed by atoms with E-state index in [4.69, 9.17) is 14.2 Å². The predicted molar refractivity (Wildman–Crippen MR) is 79.7 cm³/mol. The summed E-state index contributed by atoms with van der Waals surface area (Å²) in [5.41, 5.74) is 1.10. The molecule has 1 fully saturated rings. The summed E-state index contributed by atoms with van der Waals surface area (Å²) < 4.78 is 16.3. The number of rotatable bonds is 5. The van der Waals surface area contributed by atoms with Gasteiger partial charge in [0.05, 0.1) is 26.9 Å². The van der Waals surface area contributed by atoms with Gasteiger partial charge in [-0.1, -0.05) is 28.8 Å². The fraction of sp³-hybridized carbons (Fsp3) is 0.600. The molecule has 1 atom stereocenters. The van der Waals surface area contributed by atoms with Gasteiger partial charge in [0, 0.05) is 17.0 Å². The molecule has 0 spiro atoms. The van der Waals surface area contributed by atoms with E-state index in [1.54, 1.807) is 21.3 Å². The molecule has 0 amide bonds. The first kappa shape index (κ1) is 14.5. The average molecular weight is 329 g/mol. The van der Waals surface area contributed by atoms with Crippen molar-refractivity contribution >= 4 is 15.9 Å². The van der Waals surface area contributed by atoms with Crippen LogP contribution in [0.2, 0.25) is 0 Å². The van der Waals surface area contributed by atoms with Gasteiger partial charge >= 0.3 is 0 Å². The van der Waals surface area contributed by atoms with Crippen LogP contribution < -0.4 is 14.2 Å². The number of hydrogen-bond donors (Lipinski definition) is 0. The van der Waals surface area contributed by atoms with Crippen molar-refractivity contribution in [3.05, 3.63) is 17.7 Å². The molecule has 0 heterocycles. The van der Waals surface area contributed by atoms with Crippen molar-refractivity contribution in [2.45, 2.75) is 30.5 Å². The van der Waals surface area contributed by atoms with Crippen LogP contribution in [-0.2, 0) is 0 Å². The topological polar surface area (TPSA) is 27.7 Å². The van der Waals surface area contributed by atoms with Crippen LogP contribution in [0.4, 0.5) is 0 Å². The first-order valence-corrected chi connectivity index (χ1v) is 7.56. The molecule has 0 aliphatic heterocycles. The van der Waals surface area contributed by atoms with Gasteiger partial charge < -0.3 is 14.2 Å². The molecule has 2 rings (SSSR count). The Hall–Kier alpha value is -0.900. The molecular weight excluding hydrogens is 308 g/mol. The van der Waals surface area contributed by atoms with Crippen molar-refractivity contribution < 1.29 is 14.2 Å². The number of hydrogen-bond acceptors (Lipinski definition) is 3. The quantitative estimate of drug-likeness (QED) is 0.752. The fourth-order valence-electron chi connectivity index (χ4n) is 2.79. The molecule has 3 nitrogen and oxygen atoms in total. The minimum absolute atomic E-state index is 0.269. The molecule has 106 valence electrons. The van der Waals surface area contributed by atoms with Crippen molar-refractivity contribution in [3.8, 4) is 17.2 Å². The van der Waals surface area contributed by atoms with Crippen LogP contribution in [0.15, 0.2) is 12.1 Å². The Bertz CT molecular complexity index is 402. The van der Waals surface area contributed by atoms with Crippen LogP contribution in [0.1, 0.15) is 36.1 Å². The molecule has 0 N–H and O–H groups in total. The highest BCUT2D eigenvalue weighted by Gasteiger charge is 2.29. The van der Waals surface area contributed by atoms with Gasteiger partial charge in [-0.2, -0.15) is 0 Å². The lowest BCUT2D eigenvalue weighted by Gasteiger charge is -2.23. The maximum absolute atomic E-state index is 5.52. The predicted octanol–water partition coefficient (Wildman–Crippen LogP) is 4.34. The minimum atomic E-state index is 0.269. The highest BCUT2D eigenvalue weighted by molar-refractivity contribution is 9.09. The van der Waals surface area contributed by atoms with E-state index in [0.717, 1.165) is 22.8 Å². The molecule has 0 bridgehead atoms. The largest absolute Gasteiger partial charge is 0.496 e. The zero-order chi connectivity index (χ0) is 13.8. The lowest BCUT2D eigenvalue weighted by atomic mass is 9.96. The second-order valence-corrected chi connectivity index (χ2v) is 5.88. The summed E-state index contributed by atoms with van der Waals surface area (Å²) in [6.45, 7) is 0.